The van der Waals surface area contributed by atoms with Gasteiger partial charge < -0.3 is 5.11 Å². The van der Waals surface area contributed by atoms with E-state index >= 15 is 0 Å². The molecular weight excluding hydrogens is 247 g/mol. The summed E-state index contributed by atoms with van der Waals surface area (Å²) in [7, 11) is 0. The van der Waals surface area contributed by atoms with E-state index in [-0.39, 0.29) is 5.82 Å². The van der Waals surface area contributed by atoms with Crippen molar-refractivity contribution in [3.63, 3.8) is 0 Å². The number of hydrogen-bond donors (Lipinski definition) is 1. The maximum absolute atomic E-state index is 13.5. The molecule has 0 radical (unpaired) electrons. The van der Waals surface area contributed by atoms with Crippen LogP contribution in [0.4, 0.5) is 4.39 Å². The fourth-order valence-electron chi connectivity index (χ4n) is 1.94. The lowest BCUT2D eigenvalue weighted by Crippen LogP contribution is -2.34. The van der Waals surface area contributed by atoms with Crippen molar-refractivity contribution >= 4 is 15.9 Å². The van der Waals surface area contributed by atoms with E-state index in [1.54, 1.807) is 13.0 Å². The van der Waals surface area contributed by atoms with Crippen LogP contribution in [0.5, 0.6) is 0 Å². The van der Waals surface area contributed by atoms with Gasteiger partial charge in [0.25, 0.3) is 0 Å². The molecule has 1 aromatic rings. The van der Waals surface area contributed by atoms with E-state index in [4.69, 9.17) is 0 Å². The van der Waals surface area contributed by atoms with Gasteiger partial charge in [-0.1, -0.05) is 6.07 Å². The van der Waals surface area contributed by atoms with Gasteiger partial charge in [-0.2, -0.15) is 0 Å². The number of benzene rings is 1. The summed E-state index contributed by atoms with van der Waals surface area (Å²) in [4.78, 5) is 0. The molecule has 76 valence electrons. The zero-order valence-corrected chi connectivity index (χ0v) is 9.57. The van der Waals surface area contributed by atoms with Crippen molar-refractivity contribution in [3.8, 4) is 0 Å². The van der Waals surface area contributed by atoms with E-state index in [1.807, 2.05) is 6.07 Å². The van der Waals surface area contributed by atoms with Crippen LogP contribution >= 0.6 is 15.9 Å². The second-order valence-electron chi connectivity index (χ2n) is 3.92. The van der Waals surface area contributed by atoms with Gasteiger partial charge in [-0.3, -0.25) is 0 Å². The van der Waals surface area contributed by atoms with Gasteiger partial charge in [-0.25, -0.2) is 4.39 Å². The maximum atomic E-state index is 13.5. The Morgan fingerprint density at radius 2 is 2.07 bits per heavy atom. The smallest absolute Gasteiger partial charge is 0.140 e. The molecule has 1 saturated carbocycles. The number of rotatable bonds is 1. The van der Waals surface area contributed by atoms with Crippen LogP contribution in [0.3, 0.4) is 0 Å². The quantitative estimate of drug-likeness (QED) is 0.820. The molecule has 2 rings (SSSR count). The van der Waals surface area contributed by atoms with Crippen molar-refractivity contribution in [2.45, 2.75) is 31.8 Å². The third-order valence-corrected chi connectivity index (χ3v) is 3.63. The van der Waals surface area contributed by atoms with Crippen LogP contribution in [0.1, 0.15) is 30.4 Å². The highest BCUT2D eigenvalue weighted by atomic mass is 79.9. The van der Waals surface area contributed by atoms with Crippen LogP contribution in [0.15, 0.2) is 16.6 Å². The molecule has 0 amide bonds. The van der Waals surface area contributed by atoms with Crippen LogP contribution in [-0.2, 0) is 5.60 Å². The predicted octanol–water partition coefficient (Wildman–Crippen LogP) is 3.27. The van der Waals surface area contributed by atoms with Crippen molar-refractivity contribution in [1.29, 1.82) is 0 Å². The van der Waals surface area contributed by atoms with Crippen LogP contribution < -0.4 is 0 Å². The molecule has 0 unspecified atom stereocenters. The third-order valence-electron chi connectivity index (χ3n) is 3.02. The summed E-state index contributed by atoms with van der Waals surface area (Å²) < 4.78 is 14.0. The number of aliphatic hydroxyl groups is 1. The molecule has 0 saturated heterocycles. The Bertz CT molecular complexity index is 372. The summed E-state index contributed by atoms with van der Waals surface area (Å²) in [5, 5.41) is 10.1. The Morgan fingerprint density at radius 1 is 1.43 bits per heavy atom. The van der Waals surface area contributed by atoms with Gasteiger partial charge in [-0.15, -0.1) is 0 Å². The highest BCUT2D eigenvalue weighted by molar-refractivity contribution is 9.10. The van der Waals surface area contributed by atoms with E-state index in [1.165, 1.54) is 0 Å². The van der Waals surface area contributed by atoms with Gasteiger partial charge in [-0.05, 0) is 59.3 Å². The Labute approximate surface area is 91.1 Å². The minimum Gasteiger partial charge on any atom is -0.385 e. The molecular formula is C11H12BrFO. The Balaban J connectivity index is 2.49. The average Bonchev–Trinajstić information content (AvgIpc) is 2.11. The van der Waals surface area contributed by atoms with Gasteiger partial charge in [0.05, 0.1) is 10.1 Å². The minimum absolute atomic E-state index is 0.261. The number of hydrogen-bond acceptors (Lipinski definition) is 1. The first-order valence-corrected chi connectivity index (χ1v) is 5.51. The molecule has 14 heavy (non-hydrogen) atoms. The van der Waals surface area contributed by atoms with E-state index in [0.717, 1.165) is 24.8 Å². The predicted molar refractivity (Wildman–Crippen MR) is 56.6 cm³/mol. The molecule has 0 bridgehead atoms. The molecule has 0 atom stereocenters. The molecule has 3 heteroatoms. The second-order valence-corrected chi connectivity index (χ2v) is 4.77. The van der Waals surface area contributed by atoms with Gasteiger partial charge in [0.15, 0.2) is 0 Å². The van der Waals surface area contributed by atoms with Gasteiger partial charge in [0.2, 0.25) is 0 Å². The second kappa shape index (κ2) is 3.31. The summed E-state index contributed by atoms with van der Waals surface area (Å²) in [5.74, 6) is -0.261. The van der Waals surface area contributed by atoms with Gasteiger partial charge in [0, 0.05) is 0 Å². The molecule has 0 aliphatic heterocycles. The fourth-order valence-corrected chi connectivity index (χ4v) is 2.37. The largest absolute Gasteiger partial charge is 0.385 e. The van der Waals surface area contributed by atoms with Crippen molar-refractivity contribution in [2.24, 2.45) is 0 Å². The van der Waals surface area contributed by atoms with Crippen molar-refractivity contribution in [2.75, 3.05) is 0 Å². The maximum Gasteiger partial charge on any atom is 0.140 e. The topological polar surface area (TPSA) is 20.2 Å². The summed E-state index contributed by atoms with van der Waals surface area (Å²) in [6.07, 6.45) is 2.51. The summed E-state index contributed by atoms with van der Waals surface area (Å²) in [6, 6.07) is 3.47. The van der Waals surface area contributed by atoms with E-state index in [9.17, 15) is 9.50 Å². The molecule has 1 N–H and O–H groups in total. The molecule has 1 aliphatic carbocycles. The van der Waals surface area contributed by atoms with Crippen LogP contribution in [-0.4, -0.2) is 5.11 Å². The lowest BCUT2D eigenvalue weighted by atomic mass is 9.74. The van der Waals surface area contributed by atoms with Crippen LogP contribution in [0, 0.1) is 12.7 Å². The molecule has 1 aliphatic rings. The van der Waals surface area contributed by atoms with E-state index in [2.05, 4.69) is 15.9 Å². The van der Waals surface area contributed by atoms with Crippen LogP contribution in [0.2, 0.25) is 0 Å². The summed E-state index contributed by atoms with van der Waals surface area (Å²) in [5.41, 5.74) is 0.525. The summed E-state index contributed by atoms with van der Waals surface area (Å²) >= 11 is 3.13. The van der Waals surface area contributed by atoms with Crippen molar-refractivity contribution in [3.05, 3.63) is 33.5 Å². The highest BCUT2D eigenvalue weighted by Gasteiger charge is 2.37. The Morgan fingerprint density at radius 3 is 2.57 bits per heavy atom. The lowest BCUT2D eigenvalue weighted by molar-refractivity contribution is -0.0395. The molecule has 1 aromatic carbocycles. The standard InChI is InChI=1S/C11H12BrFO/c1-7-8(11(14)5-2-6-11)3-4-9(12)10(7)13/h3-4,14H,2,5-6H2,1H3. The first-order valence-electron chi connectivity index (χ1n) is 4.72. The highest BCUT2D eigenvalue weighted by Crippen LogP contribution is 2.43. The zero-order chi connectivity index (χ0) is 10.3. The van der Waals surface area contributed by atoms with E-state index in [0.29, 0.717) is 10.0 Å². The van der Waals surface area contributed by atoms with Crippen molar-refractivity contribution < 1.29 is 9.50 Å². The monoisotopic (exact) mass is 258 g/mol. The lowest BCUT2D eigenvalue weighted by Gasteiger charge is -2.38. The molecule has 0 heterocycles. The molecule has 0 aromatic heterocycles. The first kappa shape index (κ1) is 10.1. The van der Waals surface area contributed by atoms with E-state index < -0.39 is 5.60 Å². The number of halogens is 2. The molecule has 0 spiro atoms. The van der Waals surface area contributed by atoms with Crippen LogP contribution in [0.25, 0.3) is 0 Å². The molecule has 1 nitrogen and oxygen atoms in total. The summed E-state index contributed by atoms with van der Waals surface area (Å²) in [6.45, 7) is 1.71. The zero-order valence-electron chi connectivity index (χ0n) is 7.98. The SMILES string of the molecule is Cc1c(C2(O)CCC2)ccc(Br)c1F. The minimum atomic E-state index is -0.772. The molecule has 1 fully saturated rings. The van der Waals surface area contributed by atoms with Gasteiger partial charge >= 0.3 is 0 Å². The normalized spacial score (nSPS) is 19.1. The first-order chi connectivity index (χ1) is 6.54. The van der Waals surface area contributed by atoms with Crippen molar-refractivity contribution in [1.82, 2.24) is 0 Å². The third kappa shape index (κ3) is 1.39. The average molecular weight is 259 g/mol. The Kier molecular flexibility index (Phi) is 2.40. The fraction of sp³-hybridized carbons (Fsp3) is 0.455. The van der Waals surface area contributed by atoms with Gasteiger partial charge in [0.1, 0.15) is 5.82 Å². The Hall–Kier alpha value is -0.410.